The van der Waals surface area contributed by atoms with Crippen LogP contribution in [0.5, 0.6) is 0 Å². The van der Waals surface area contributed by atoms with Gasteiger partial charge >= 0.3 is 12.4 Å². The van der Waals surface area contributed by atoms with Crippen LogP contribution in [0.25, 0.3) is 34.7 Å². The molecule has 0 aliphatic carbocycles. The maximum atomic E-state index is 12.8. The Morgan fingerprint density at radius 1 is 0.550 bits per heavy atom. The minimum absolute atomic E-state index is 0.166. The van der Waals surface area contributed by atoms with Gasteiger partial charge in [0.05, 0.1) is 45.8 Å². The van der Waals surface area contributed by atoms with Crippen LogP contribution in [0.3, 0.4) is 0 Å². The standard InChI is InChI=1S/C30H16F6N4/c31-29(32,33)25-7-3-21(4-8-25)23(15-37)13-19-1-11-27(39-17-19)28-12-2-20(18-40-28)14-24(16-38)22-5-9-26(10-6-22)30(34,35)36/h1-14,17-18H/b23-13-,24-14+. The lowest BCUT2D eigenvalue weighted by atomic mass is 10.0. The number of benzene rings is 2. The fraction of sp³-hybridized carbons (Fsp3) is 0.0667. The minimum atomic E-state index is -4.47. The van der Waals surface area contributed by atoms with Crippen LogP contribution < -0.4 is 0 Å². The van der Waals surface area contributed by atoms with Crippen molar-refractivity contribution in [3.05, 3.63) is 119 Å². The summed E-state index contributed by atoms with van der Waals surface area (Å²) in [5, 5.41) is 19.0. The van der Waals surface area contributed by atoms with Crippen LogP contribution in [0.15, 0.2) is 85.2 Å². The number of rotatable bonds is 5. The molecule has 0 N–H and O–H groups in total. The second-order valence-electron chi connectivity index (χ2n) is 8.44. The first-order valence-electron chi connectivity index (χ1n) is 11.5. The number of allylic oxidation sites excluding steroid dienone is 2. The highest BCUT2D eigenvalue weighted by molar-refractivity contribution is 5.90. The van der Waals surface area contributed by atoms with E-state index < -0.39 is 23.5 Å². The number of hydrogen-bond acceptors (Lipinski definition) is 4. The van der Waals surface area contributed by atoms with Crippen LogP contribution in [0, 0.1) is 22.7 Å². The predicted molar refractivity (Wildman–Crippen MR) is 137 cm³/mol. The van der Waals surface area contributed by atoms with Gasteiger partial charge in [-0.15, -0.1) is 0 Å². The van der Waals surface area contributed by atoms with Crippen molar-refractivity contribution >= 4 is 23.3 Å². The summed E-state index contributed by atoms with van der Waals surface area (Å²) < 4.78 is 76.8. The van der Waals surface area contributed by atoms with Crippen molar-refractivity contribution in [2.45, 2.75) is 12.4 Å². The smallest absolute Gasteiger partial charge is 0.254 e. The highest BCUT2D eigenvalue weighted by atomic mass is 19.4. The Balaban J connectivity index is 1.50. The number of aromatic nitrogens is 2. The molecule has 198 valence electrons. The van der Waals surface area contributed by atoms with Gasteiger partial charge < -0.3 is 0 Å². The number of alkyl halides is 6. The summed E-state index contributed by atoms with van der Waals surface area (Å²) in [5.74, 6) is 0. The molecule has 0 saturated heterocycles. The normalized spacial score (nSPS) is 12.5. The monoisotopic (exact) mass is 546 g/mol. The third-order valence-electron chi connectivity index (χ3n) is 5.74. The quantitative estimate of drug-likeness (QED) is 0.186. The summed E-state index contributed by atoms with van der Waals surface area (Å²) in [6.45, 7) is 0. The van der Waals surface area contributed by atoms with E-state index in [1.54, 1.807) is 24.3 Å². The molecular weight excluding hydrogens is 530 g/mol. The Morgan fingerprint density at radius 3 is 1.15 bits per heavy atom. The second-order valence-corrected chi connectivity index (χ2v) is 8.44. The molecular formula is C30H16F6N4. The van der Waals surface area contributed by atoms with Crippen LogP contribution in [0.4, 0.5) is 26.3 Å². The third kappa shape index (κ3) is 6.61. The van der Waals surface area contributed by atoms with E-state index >= 15 is 0 Å². The largest absolute Gasteiger partial charge is 0.416 e. The average molecular weight is 546 g/mol. The van der Waals surface area contributed by atoms with Crippen molar-refractivity contribution in [1.29, 1.82) is 10.5 Å². The first-order chi connectivity index (χ1) is 19.0. The number of hydrogen-bond donors (Lipinski definition) is 0. The summed E-state index contributed by atoms with van der Waals surface area (Å²) in [6, 6.07) is 19.2. The fourth-order valence-electron chi connectivity index (χ4n) is 3.66. The molecule has 0 amide bonds. The molecule has 10 heteroatoms. The highest BCUT2D eigenvalue weighted by Gasteiger charge is 2.30. The van der Waals surface area contributed by atoms with Crippen LogP contribution in [0.1, 0.15) is 33.4 Å². The average Bonchev–Trinajstić information content (AvgIpc) is 2.94. The Morgan fingerprint density at radius 2 is 0.900 bits per heavy atom. The Kier molecular flexibility index (Phi) is 7.83. The molecule has 4 nitrogen and oxygen atoms in total. The first-order valence-corrected chi connectivity index (χ1v) is 11.5. The third-order valence-corrected chi connectivity index (χ3v) is 5.74. The zero-order valence-electron chi connectivity index (χ0n) is 20.3. The lowest BCUT2D eigenvalue weighted by Gasteiger charge is -2.07. The topological polar surface area (TPSA) is 73.4 Å². The molecule has 0 bridgehead atoms. The number of halogens is 6. The van der Waals surface area contributed by atoms with E-state index in [1.807, 2.05) is 12.1 Å². The van der Waals surface area contributed by atoms with Gasteiger partial charge in [-0.05, 0) is 70.8 Å². The van der Waals surface area contributed by atoms with Crippen LogP contribution in [-0.2, 0) is 12.4 Å². The molecule has 0 aliphatic heterocycles. The summed E-state index contributed by atoms with van der Waals surface area (Å²) in [5.41, 5.74) is 1.49. The molecule has 0 aliphatic rings. The molecule has 2 aromatic carbocycles. The fourth-order valence-corrected chi connectivity index (χ4v) is 3.66. The van der Waals surface area contributed by atoms with Gasteiger partial charge in [-0.25, -0.2) is 0 Å². The zero-order chi connectivity index (χ0) is 28.9. The van der Waals surface area contributed by atoms with Crippen LogP contribution in [0.2, 0.25) is 0 Å². The van der Waals surface area contributed by atoms with Crippen molar-refractivity contribution in [3.8, 4) is 23.5 Å². The van der Waals surface area contributed by atoms with E-state index in [9.17, 15) is 36.9 Å². The maximum absolute atomic E-state index is 12.8. The van der Waals surface area contributed by atoms with Crippen molar-refractivity contribution < 1.29 is 26.3 Å². The summed E-state index contributed by atoms with van der Waals surface area (Å²) >= 11 is 0. The molecule has 0 saturated carbocycles. The molecule has 40 heavy (non-hydrogen) atoms. The van der Waals surface area contributed by atoms with E-state index in [0.717, 1.165) is 24.3 Å². The molecule has 4 aromatic rings. The molecule has 0 radical (unpaired) electrons. The van der Waals surface area contributed by atoms with Crippen LogP contribution >= 0.6 is 0 Å². The maximum Gasteiger partial charge on any atom is 0.416 e. The number of nitrogens with zero attached hydrogens (tertiary/aromatic N) is 4. The van der Waals surface area contributed by atoms with Crippen molar-refractivity contribution in [2.24, 2.45) is 0 Å². The van der Waals surface area contributed by atoms with Crippen LogP contribution in [-0.4, -0.2) is 9.97 Å². The molecule has 0 atom stereocenters. The summed E-state index contributed by atoms with van der Waals surface area (Å²) in [4.78, 5) is 8.67. The number of nitriles is 2. The second kappa shape index (κ2) is 11.3. The van der Waals surface area contributed by atoms with Crippen molar-refractivity contribution in [3.63, 3.8) is 0 Å². The molecule has 0 fully saturated rings. The van der Waals surface area contributed by atoms with Gasteiger partial charge in [0, 0.05) is 12.4 Å². The minimum Gasteiger partial charge on any atom is -0.254 e. The van der Waals surface area contributed by atoms with E-state index in [2.05, 4.69) is 9.97 Å². The molecule has 4 rings (SSSR count). The summed E-state index contributed by atoms with van der Waals surface area (Å²) in [6.07, 6.45) is -2.95. The SMILES string of the molecule is N#C/C(=C\c1ccc(-c2ccc(/C=C(/C#N)c3ccc(C(F)(F)F)cc3)cn2)nc1)c1ccc(C(F)(F)F)cc1. The first kappa shape index (κ1) is 27.8. The van der Waals surface area contributed by atoms with Gasteiger partial charge in [0.15, 0.2) is 0 Å². The lowest BCUT2D eigenvalue weighted by molar-refractivity contribution is -0.138. The Labute approximate surface area is 224 Å². The van der Waals surface area contributed by atoms with Gasteiger partial charge in [0.25, 0.3) is 0 Å². The van der Waals surface area contributed by atoms with Crippen molar-refractivity contribution in [1.82, 2.24) is 9.97 Å². The lowest BCUT2D eigenvalue weighted by Crippen LogP contribution is -2.04. The Bertz CT molecular complexity index is 1510. The molecule has 0 spiro atoms. The summed E-state index contributed by atoms with van der Waals surface area (Å²) in [7, 11) is 0. The molecule has 2 heterocycles. The van der Waals surface area contributed by atoms with Gasteiger partial charge in [0.2, 0.25) is 0 Å². The van der Waals surface area contributed by atoms with E-state index in [1.165, 1.54) is 48.8 Å². The molecule has 2 aromatic heterocycles. The van der Waals surface area contributed by atoms with Gasteiger partial charge in [0.1, 0.15) is 0 Å². The Hall–Kier alpha value is -5.22. The number of pyridine rings is 2. The van der Waals surface area contributed by atoms with Gasteiger partial charge in [-0.2, -0.15) is 36.9 Å². The van der Waals surface area contributed by atoms with E-state index in [0.29, 0.717) is 33.6 Å². The predicted octanol–water partition coefficient (Wildman–Crippen LogP) is 8.31. The highest BCUT2D eigenvalue weighted by Crippen LogP contribution is 2.31. The van der Waals surface area contributed by atoms with E-state index in [-0.39, 0.29) is 11.1 Å². The molecule has 0 unspecified atom stereocenters. The van der Waals surface area contributed by atoms with Gasteiger partial charge in [-0.1, -0.05) is 36.4 Å². The zero-order valence-corrected chi connectivity index (χ0v) is 20.3. The van der Waals surface area contributed by atoms with Crippen molar-refractivity contribution in [2.75, 3.05) is 0 Å². The van der Waals surface area contributed by atoms with E-state index in [4.69, 9.17) is 0 Å². The van der Waals surface area contributed by atoms with Gasteiger partial charge in [-0.3, -0.25) is 9.97 Å².